The summed E-state index contributed by atoms with van der Waals surface area (Å²) in [5.74, 6) is 0.948. The number of ether oxygens (including phenoxy) is 1. The molecule has 25 heavy (non-hydrogen) atoms. The molecule has 0 heterocycles. The molecule has 0 aromatic heterocycles. The third-order valence-electron chi connectivity index (χ3n) is 4.19. The fraction of sp³-hybridized carbons (Fsp3) is 0.130. The highest BCUT2D eigenvalue weighted by Crippen LogP contribution is 2.26. The van der Waals surface area contributed by atoms with E-state index in [0.29, 0.717) is 0 Å². The van der Waals surface area contributed by atoms with Gasteiger partial charge in [-0.1, -0.05) is 78.3 Å². The van der Waals surface area contributed by atoms with Crippen LogP contribution in [0.25, 0.3) is 5.57 Å². The van der Waals surface area contributed by atoms with Crippen molar-refractivity contribution in [3.63, 3.8) is 0 Å². The summed E-state index contributed by atoms with van der Waals surface area (Å²) in [6, 6.07) is 26.7. The fourth-order valence-electron chi connectivity index (χ4n) is 2.93. The van der Waals surface area contributed by atoms with Crippen molar-refractivity contribution in [2.75, 3.05) is 7.11 Å². The molecule has 1 nitrogen and oxygen atoms in total. The van der Waals surface area contributed by atoms with Crippen LogP contribution in [0.4, 0.5) is 0 Å². The summed E-state index contributed by atoms with van der Waals surface area (Å²) in [7, 11) is 1.72. The van der Waals surface area contributed by atoms with Crippen LogP contribution in [-0.4, -0.2) is 7.11 Å². The Hall–Kier alpha value is -2.51. The second kappa shape index (κ2) is 8.55. The Morgan fingerprint density at radius 2 is 1.48 bits per heavy atom. The Labute approximate surface area is 154 Å². The van der Waals surface area contributed by atoms with Gasteiger partial charge in [-0.3, -0.25) is 0 Å². The fourth-order valence-corrected chi connectivity index (χ4v) is 3.06. The first-order valence-electron chi connectivity index (χ1n) is 8.41. The van der Waals surface area contributed by atoms with Crippen LogP contribution in [0, 0.1) is 0 Å². The second-order valence-corrected chi connectivity index (χ2v) is 6.28. The van der Waals surface area contributed by atoms with E-state index < -0.39 is 0 Å². The van der Waals surface area contributed by atoms with Crippen molar-refractivity contribution in [1.82, 2.24) is 0 Å². The SMILES string of the molecule is COc1ccccc1CC/C=C(\c1ccccc1)c1ccc(Cl)cc1. The molecule has 0 amide bonds. The molecule has 3 rings (SSSR count). The zero-order chi connectivity index (χ0) is 17.5. The van der Waals surface area contributed by atoms with Crippen molar-refractivity contribution >= 4 is 17.2 Å². The van der Waals surface area contributed by atoms with Crippen molar-refractivity contribution < 1.29 is 4.74 Å². The molecular formula is C23H21ClO. The van der Waals surface area contributed by atoms with Gasteiger partial charge in [0.25, 0.3) is 0 Å². The Kier molecular flexibility index (Phi) is 5.92. The maximum Gasteiger partial charge on any atom is 0.122 e. The molecule has 0 bridgehead atoms. The number of halogens is 1. The maximum absolute atomic E-state index is 6.05. The van der Waals surface area contributed by atoms with E-state index in [1.165, 1.54) is 22.3 Å². The van der Waals surface area contributed by atoms with Gasteiger partial charge in [0.1, 0.15) is 5.75 Å². The molecular weight excluding hydrogens is 328 g/mol. The quantitative estimate of drug-likeness (QED) is 0.500. The average molecular weight is 349 g/mol. The van der Waals surface area contributed by atoms with Gasteiger partial charge in [0.05, 0.1) is 7.11 Å². The molecule has 2 heteroatoms. The lowest BCUT2D eigenvalue weighted by atomic mass is 9.96. The van der Waals surface area contributed by atoms with Crippen molar-refractivity contribution in [3.05, 3.63) is 107 Å². The molecule has 0 radical (unpaired) electrons. The predicted octanol–water partition coefficient (Wildman–Crippen LogP) is 6.41. The van der Waals surface area contributed by atoms with Gasteiger partial charge in [0.2, 0.25) is 0 Å². The molecule has 0 aliphatic carbocycles. The third kappa shape index (κ3) is 4.52. The summed E-state index contributed by atoms with van der Waals surface area (Å²) < 4.78 is 5.45. The Morgan fingerprint density at radius 3 is 2.20 bits per heavy atom. The highest BCUT2D eigenvalue weighted by molar-refractivity contribution is 6.30. The van der Waals surface area contributed by atoms with E-state index in [1.54, 1.807) is 7.11 Å². The van der Waals surface area contributed by atoms with Crippen LogP contribution in [0.15, 0.2) is 84.9 Å². The number of methoxy groups -OCH3 is 1. The molecule has 0 fully saturated rings. The van der Waals surface area contributed by atoms with E-state index in [2.05, 4.69) is 54.6 Å². The largest absolute Gasteiger partial charge is 0.496 e. The Balaban J connectivity index is 1.86. The van der Waals surface area contributed by atoms with Gasteiger partial charge in [-0.05, 0) is 53.3 Å². The summed E-state index contributed by atoms with van der Waals surface area (Å²) in [5, 5.41) is 0.755. The number of benzene rings is 3. The number of allylic oxidation sites excluding steroid dienone is 1. The number of rotatable bonds is 6. The average Bonchev–Trinajstić information content (AvgIpc) is 2.67. The van der Waals surface area contributed by atoms with Gasteiger partial charge < -0.3 is 4.74 Å². The van der Waals surface area contributed by atoms with Crippen molar-refractivity contribution in [1.29, 1.82) is 0 Å². The van der Waals surface area contributed by atoms with Crippen molar-refractivity contribution in [2.45, 2.75) is 12.8 Å². The van der Waals surface area contributed by atoms with Crippen LogP contribution >= 0.6 is 11.6 Å². The third-order valence-corrected chi connectivity index (χ3v) is 4.45. The molecule has 3 aromatic rings. The summed E-state index contributed by atoms with van der Waals surface area (Å²) in [4.78, 5) is 0. The number of aryl methyl sites for hydroxylation is 1. The maximum atomic E-state index is 6.05. The first-order chi connectivity index (χ1) is 12.3. The van der Waals surface area contributed by atoms with E-state index >= 15 is 0 Å². The van der Waals surface area contributed by atoms with Gasteiger partial charge in [0.15, 0.2) is 0 Å². The van der Waals surface area contributed by atoms with E-state index in [-0.39, 0.29) is 0 Å². The van der Waals surface area contributed by atoms with Gasteiger partial charge >= 0.3 is 0 Å². The van der Waals surface area contributed by atoms with Gasteiger partial charge in [-0.25, -0.2) is 0 Å². The Morgan fingerprint density at radius 1 is 0.840 bits per heavy atom. The van der Waals surface area contributed by atoms with Gasteiger partial charge in [0, 0.05) is 5.02 Å². The van der Waals surface area contributed by atoms with E-state index in [1.807, 2.05) is 30.3 Å². The molecule has 0 N–H and O–H groups in total. The second-order valence-electron chi connectivity index (χ2n) is 5.84. The van der Waals surface area contributed by atoms with E-state index in [0.717, 1.165) is 23.6 Å². The number of para-hydroxylation sites is 1. The molecule has 0 saturated heterocycles. The highest BCUT2D eigenvalue weighted by Gasteiger charge is 2.06. The van der Waals surface area contributed by atoms with E-state index in [4.69, 9.17) is 16.3 Å². The Bertz CT molecular complexity index is 835. The monoisotopic (exact) mass is 348 g/mol. The molecule has 0 aliphatic heterocycles. The van der Waals surface area contributed by atoms with Crippen LogP contribution in [-0.2, 0) is 6.42 Å². The molecule has 0 saturated carbocycles. The smallest absolute Gasteiger partial charge is 0.122 e. The highest BCUT2D eigenvalue weighted by atomic mass is 35.5. The van der Waals surface area contributed by atoms with Crippen molar-refractivity contribution in [3.8, 4) is 5.75 Å². The lowest BCUT2D eigenvalue weighted by Gasteiger charge is -2.10. The van der Waals surface area contributed by atoms with Crippen LogP contribution < -0.4 is 4.74 Å². The van der Waals surface area contributed by atoms with Crippen LogP contribution in [0.2, 0.25) is 5.02 Å². The molecule has 0 spiro atoms. The molecule has 3 aromatic carbocycles. The molecule has 0 atom stereocenters. The molecule has 126 valence electrons. The minimum Gasteiger partial charge on any atom is -0.496 e. The van der Waals surface area contributed by atoms with Gasteiger partial charge in [-0.2, -0.15) is 0 Å². The number of hydrogen-bond acceptors (Lipinski definition) is 1. The molecule has 0 unspecified atom stereocenters. The zero-order valence-electron chi connectivity index (χ0n) is 14.3. The predicted molar refractivity (Wildman–Crippen MR) is 106 cm³/mol. The van der Waals surface area contributed by atoms with Crippen LogP contribution in [0.1, 0.15) is 23.1 Å². The van der Waals surface area contributed by atoms with Gasteiger partial charge in [-0.15, -0.1) is 0 Å². The summed E-state index contributed by atoms with van der Waals surface area (Å²) in [5.41, 5.74) is 4.84. The minimum atomic E-state index is 0.755. The normalized spacial score (nSPS) is 11.4. The van der Waals surface area contributed by atoms with Crippen molar-refractivity contribution in [2.24, 2.45) is 0 Å². The zero-order valence-corrected chi connectivity index (χ0v) is 15.0. The summed E-state index contributed by atoms with van der Waals surface area (Å²) in [6.45, 7) is 0. The first-order valence-corrected chi connectivity index (χ1v) is 8.79. The standard InChI is InChI=1S/C23H21ClO/c1-25-23-13-6-5-10-20(23)11-7-12-22(18-8-3-2-4-9-18)19-14-16-21(24)17-15-19/h2-6,8-10,12-17H,7,11H2,1H3/b22-12+. The lowest BCUT2D eigenvalue weighted by molar-refractivity contribution is 0.409. The van der Waals surface area contributed by atoms with Crippen LogP contribution in [0.5, 0.6) is 5.75 Å². The van der Waals surface area contributed by atoms with E-state index in [9.17, 15) is 0 Å². The minimum absolute atomic E-state index is 0.755. The molecule has 0 aliphatic rings. The van der Waals surface area contributed by atoms with Crippen LogP contribution in [0.3, 0.4) is 0 Å². The lowest BCUT2D eigenvalue weighted by Crippen LogP contribution is -1.92. The first kappa shape index (κ1) is 17.3. The summed E-state index contributed by atoms with van der Waals surface area (Å²) >= 11 is 6.05. The topological polar surface area (TPSA) is 9.23 Å². The number of hydrogen-bond donors (Lipinski definition) is 0. The summed E-state index contributed by atoms with van der Waals surface area (Å²) in [6.07, 6.45) is 4.17.